The number of aryl methyl sites for hydroxylation is 1. The first-order valence-corrected chi connectivity index (χ1v) is 6.03. The largest absolute Gasteiger partial charge is 0.316 e. The lowest BCUT2D eigenvalue weighted by Crippen LogP contribution is -2.05. The van der Waals surface area contributed by atoms with Gasteiger partial charge in [-0.2, -0.15) is 5.10 Å². The first kappa shape index (κ1) is 12.3. The minimum absolute atomic E-state index is 0.258. The van der Waals surface area contributed by atoms with E-state index in [2.05, 4.69) is 26.3 Å². The smallest absolute Gasteiger partial charge is 0.124 e. The van der Waals surface area contributed by atoms with E-state index >= 15 is 0 Å². The van der Waals surface area contributed by atoms with Crippen molar-refractivity contribution in [1.29, 1.82) is 0 Å². The van der Waals surface area contributed by atoms with Gasteiger partial charge in [0.1, 0.15) is 5.82 Å². The molecule has 0 bridgehead atoms. The fourth-order valence-corrected chi connectivity index (χ4v) is 2.30. The molecule has 1 heterocycles. The van der Waals surface area contributed by atoms with Crippen LogP contribution in [0.25, 0.3) is 11.3 Å². The van der Waals surface area contributed by atoms with Crippen molar-refractivity contribution in [2.75, 3.05) is 7.05 Å². The van der Waals surface area contributed by atoms with Crippen molar-refractivity contribution in [3.63, 3.8) is 0 Å². The van der Waals surface area contributed by atoms with Crippen molar-refractivity contribution in [3.05, 3.63) is 40.2 Å². The second kappa shape index (κ2) is 4.98. The second-order valence-electron chi connectivity index (χ2n) is 3.83. The first-order valence-electron chi connectivity index (χ1n) is 5.24. The monoisotopic (exact) mass is 297 g/mol. The molecule has 0 saturated heterocycles. The zero-order valence-corrected chi connectivity index (χ0v) is 11.3. The van der Waals surface area contributed by atoms with Gasteiger partial charge in [0.05, 0.1) is 5.69 Å². The van der Waals surface area contributed by atoms with Crippen molar-refractivity contribution in [2.45, 2.75) is 6.54 Å². The average molecular weight is 298 g/mol. The van der Waals surface area contributed by atoms with Gasteiger partial charge >= 0.3 is 0 Å². The van der Waals surface area contributed by atoms with Crippen LogP contribution in [0.4, 0.5) is 4.39 Å². The highest BCUT2D eigenvalue weighted by molar-refractivity contribution is 9.10. The van der Waals surface area contributed by atoms with Gasteiger partial charge in [0.2, 0.25) is 0 Å². The Morgan fingerprint density at radius 3 is 2.88 bits per heavy atom. The summed E-state index contributed by atoms with van der Waals surface area (Å²) < 4.78 is 15.5. The van der Waals surface area contributed by atoms with Crippen molar-refractivity contribution in [2.24, 2.45) is 7.05 Å². The summed E-state index contributed by atoms with van der Waals surface area (Å²) in [5.74, 6) is -0.258. The maximum atomic E-state index is 13.0. The number of aromatic nitrogens is 2. The number of hydrogen-bond acceptors (Lipinski definition) is 2. The van der Waals surface area contributed by atoms with Gasteiger partial charge in [-0.1, -0.05) is 0 Å². The predicted molar refractivity (Wildman–Crippen MR) is 69.1 cm³/mol. The molecule has 0 spiro atoms. The third-order valence-electron chi connectivity index (χ3n) is 2.46. The molecule has 0 aliphatic rings. The van der Waals surface area contributed by atoms with E-state index < -0.39 is 0 Å². The molecule has 0 atom stereocenters. The van der Waals surface area contributed by atoms with E-state index in [1.165, 1.54) is 12.1 Å². The Hall–Kier alpha value is -1.20. The summed E-state index contributed by atoms with van der Waals surface area (Å²) in [5, 5.41) is 7.51. The number of halogens is 2. The highest BCUT2D eigenvalue weighted by Crippen LogP contribution is 2.30. The van der Waals surface area contributed by atoms with E-state index in [1.807, 2.05) is 20.3 Å². The minimum Gasteiger partial charge on any atom is -0.316 e. The fourth-order valence-electron chi connectivity index (χ4n) is 1.77. The maximum Gasteiger partial charge on any atom is 0.124 e. The standard InChI is InChI=1S/C12H13BrFN3/c1-15-6-8-7-17(2)16-12(8)10-4-3-9(14)5-11(10)13/h3-5,7,15H,6H2,1-2H3. The van der Waals surface area contributed by atoms with E-state index in [0.717, 1.165) is 23.4 Å². The van der Waals surface area contributed by atoms with Crippen LogP contribution in [-0.4, -0.2) is 16.8 Å². The number of nitrogens with one attached hydrogen (secondary N) is 1. The van der Waals surface area contributed by atoms with E-state index in [4.69, 9.17) is 0 Å². The number of rotatable bonds is 3. The second-order valence-corrected chi connectivity index (χ2v) is 4.69. The molecule has 2 aromatic rings. The summed E-state index contributed by atoms with van der Waals surface area (Å²) in [7, 11) is 3.76. The molecule has 0 unspecified atom stereocenters. The van der Waals surface area contributed by atoms with Gasteiger partial charge in [0, 0.05) is 35.4 Å². The zero-order chi connectivity index (χ0) is 12.4. The third kappa shape index (κ3) is 2.56. The summed E-state index contributed by atoms with van der Waals surface area (Å²) in [4.78, 5) is 0. The van der Waals surface area contributed by atoms with Crippen LogP contribution in [0.3, 0.4) is 0 Å². The molecule has 0 amide bonds. The van der Waals surface area contributed by atoms with Gasteiger partial charge in [-0.05, 0) is 41.2 Å². The zero-order valence-electron chi connectivity index (χ0n) is 9.67. The van der Waals surface area contributed by atoms with Crippen molar-refractivity contribution >= 4 is 15.9 Å². The van der Waals surface area contributed by atoms with E-state index in [1.54, 1.807) is 10.7 Å². The van der Waals surface area contributed by atoms with Crippen LogP contribution in [0, 0.1) is 5.82 Å². The Balaban J connectivity index is 2.51. The number of hydrogen-bond donors (Lipinski definition) is 1. The Morgan fingerprint density at radius 1 is 1.47 bits per heavy atom. The molecule has 0 saturated carbocycles. The molecule has 3 nitrogen and oxygen atoms in total. The average Bonchev–Trinajstić information content (AvgIpc) is 2.60. The Bertz CT molecular complexity index is 537. The van der Waals surface area contributed by atoms with Crippen LogP contribution in [0.2, 0.25) is 0 Å². The van der Waals surface area contributed by atoms with Crippen LogP contribution in [-0.2, 0) is 13.6 Å². The summed E-state index contributed by atoms with van der Waals surface area (Å²) >= 11 is 3.37. The van der Waals surface area contributed by atoms with Crippen LogP contribution in [0.15, 0.2) is 28.9 Å². The quantitative estimate of drug-likeness (QED) is 0.944. The summed E-state index contributed by atoms with van der Waals surface area (Å²) in [6, 6.07) is 4.63. The molecule has 0 radical (unpaired) electrons. The molecular formula is C12H13BrFN3. The summed E-state index contributed by atoms with van der Waals surface area (Å²) in [6.07, 6.45) is 1.96. The molecule has 0 fully saturated rings. The SMILES string of the molecule is CNCc1cn(C)nc1-c1ccc(F)cc1Br. The molecule has 0 aliphatic heterocycles. The lowest BCUT2D eigenvalue weighted by atomic mass is 10.1. The molecule has 1 N–H and O–H groups in total. The van der Waals surface area contributed by atoms with Gasteiger partial charge in [0.25, 0.3) is 0 Å². The summed E-state index contributed by atoms with van der Waals surface area (Å²) in [5.41, 5.74) is 2.85. The Morgan fingerprint density at radius 2 is 2.24 bits per heavy atom. The Labute approximate surface area is 108 Å². The maximum absolute atomic E-state index is 13.0. The van der Waals surface area contributed by atoms with Gasteiger partial charge in [-0.25, -0.2) is 4.39 Å². The normalized spacial score (nSPS) is 10.8. The molecule has 5 heteroatoms. The molecule has 1 aromatic carbocycles. The molecule has 90 valence electrons. The molecule has 0 aliphatic carbocycles. The van der Waals surface area contributed by atoms with Gasteiger partial charge < -0.3 is 5.32 Å². The molecule has 2 rings (SSSR count). The van der Waals surface area contributed by atoms with Crippen LogP contribution >= 0.6 is 15.9 Å². The first-order chi connectivity index (χ1) is 8.11. The molecular weight excluding hydrogens is 285 g/mol. The van der Waals surface area contributed by atoms with Gasteiger partial charge in [-0.3, -0.25) is 4.68 Å². The van der Waals surface area contributed by atoms with Crippen LogP contribution < -0.4 is 5.32 Å². The summed E-state index contributed by atoms with van der Waals surface area (Å²) in [6.45, 7) is 0.729. The highest BCUT2D eigenvalue weighted by Gasteiger charge is 2.12. The van der Waals surface area contributed by atoms with E-state index in [9.17, 15) is 4.39 Å². The molecule has 1 aromatic heterocycles. The van der Waals surface area contributed by atoms with Crippen molar-refractivity contribution in [3.8, 4) is 11.3 Å². The number of nitrogens with zero attached hydrogens (tertiary/aromatic N) is 2. The van der Waals surface area contributed by atoms with Crippen LogP contribution in [0.5, 0.6) is 0 Å². The third-order valence-corrected chi connectivity index (χ3v) is 3.11. The van der Waals surface area contributed by atoms with Crippen molar-refractivity contribution in [1.82, 2.24) is 15.1 Å². The Kier molecular flexibility index (Phi) is 3.59. The van der Waals surface area contributed by atoms with E-state index in [-0.39, 0.29) is 5.82 Å². The topological polar surface area (TPSA) is 29.9 Å². The van der Waals surface area contributed by atoms with Crippen molar-refractivity contribution < 1.29 is 4.39 Å². The number of benzene rings is 1. The minimum atomic E-state index is -0.258. The lowest BCUT2D eigenvalue weighted by Gasteiger charge is -2.04. The lowest BCUT2D eigenvalue weighted by molar-refractivity contribution is 0.627. The highest BCUT2D eigenvalue weighted by atomic mass is 79.9. The fraction of sp³-hybridized carbons (Fsp3) is 0.250. The predicted octanol–water partition coefficient (Wildman–Crippen LogP) is 2.71. The van der Waals surface area contributed by atoms with Crippen LogP contribution in [0.1, 0.15) is 5.56 Å². The van der Waals surface area contributed by atoms with E-state index in [0.29, 0.717) is 4.47 Å². The van der Waals surface area contributed by atoms with Gasteiger partial charge in [0.15, 0.2) is 0 Å². The van der Waals surface area contributed by atoms with Gasteiger partial charge in [-0.15, -0.1) is 0 Å². The molecule has 17 heavy (non-hydrogen) atoms.